The fourth-order valence-electron chi connectivity index (χ4n) is 3.09. The molecule has 3 aromatic rings. The van der Waals surface area contributed by atoms with E-state index >= 15 is 0 Å². The number of amides is 2. The fourth-order valence-corrected chi connectivity index (χ4v) is 3.60. The molecule has 0 aromatic heterocycles. The Labute approximate surface area is 206 Å². The van der Waals surface area contributed by atoms with E-state index in [-0.39, 0.29) is 11.5 Å². The monoisotopic (exact) mass is 525 g/mol. The topological polar surface area (TPSA) is 79.8 Å². The zero-order valence-electron chi connectivity index (χ0n) is 18.8. The van der Waals surface area contributed by atoms with E-state index in [1.165, 1.54) is 24.4 Å². The van der Waals surface area contributed by atoms with E-state index in [0.717, 1.165) is 15.6 Å². The summed E-state index contributed by atoms with van der Waals surface area (Å²) in [5.41, 5.74) is 4.11. The third-order valence-corrected chi connectivity index (χ3v) is 5.56. The van der Waals surface area contributed by atoms with Crippen LogP contribution in [-0.2, 0) is 11.4 Å². The van der Waals surface area contributed by atoms with Crippen molar-refractivity contribution in [2.45, 2.75) is 26.5 Å². The first kappa shape index (κ1) is 25.1. The van der Waals surface area contributed by atoms with E-state index in [1.54, 1.807) is 26.0 Å². The Bertz CT molecular complexity index is 1170. The lowest BCUT2D eigenvalue weighted by molar-refractivity contribution is -0.123. The molecule has 0 saturated heterocycles. The molecule has 0 heterocycles. The van der Waals surface area contributed by atoms with Gasteiger partial charge in [-0.1, -0.05) is 56.3 Å². The van der Waals surface area contributed by atoms with Crippen LogP contribution in [0.25, 0.3) is 0 Å². The number of hydrogen-bond acceptors (Lipinski definition) is 4. The summed E-state index contributed by atoms with van der Waals surface area (Å²) in [5.74, 6) is -1.37. The van der Waals surface area contributed by atoms with Gasteiger partial charge in [-0.05, 0) is 63.3 Å². The number of carbonyl (C=O) groups excluding carboxylic acids is 2. The lowest BCUT2D eigenvalue weighted by atomic mass is 10.0. The smallest absolute Gasteiger partial charge is 0.262 e. The van der Waals surface area contributed by atoms with Crippen LogP contribution in [0.2, 0.25) is 0 Å². The Balaban J connectivity index is 1.58. The van der Waals surface area contributed by atoms with Gasteiger partial charge in [0, 0.05) is 0 Å². The maximum atomic E-state index is 13.9. The number of hydrazone groups is 1. The van der Waals surface area contributed by atoms with Crippen molar-refractivity contribution < 1.29 is 18.7 Å². The molecule has 0 radical (unpaired) electrons. The van der Waals surface area contributed by atoms with Crippen molar-refractivity contribution in [3.05, 3.63) is 99.8 Å². The molecule has 0 aliphatic carbocycles. The van der Waals surface area contributed by atoms with Crippen molar-refractivity contribution in [2.75, 3.05) is 0 Å². The highest BCUT2D eigenvalue weighted by Crippen LogP contribution is 2.26. The van der Waals surface area contributed by atoms with Gasteiger partial charge in [0.05, 0.1) is 16.3 Å². The first-order valence-electron chi connectivity index (χ1n) is 10.7. The van der Waals surface area contributed by atoms with E-state index in [9.17, 15) is 14.0 Å². The van der Waals surface area contributed by atoms with E-state index in [4.69, 9.17) is 4.74 Å². The molecule has 0 saturated carbocycles. The third-order valence-electron chi connectivity index (χ3n) is 4.94. The quantitative estimate of drug-likeness (QED) is 0.302. The van der Waals surface area contributed by atoms with Crippen molar-refractivity contribution in [1.82, 2.24) is 10.7 Å². The van der Waals surface area contributed by atoms with Crippen LogP contribution in [0.5, 0.6) is 5.75 Å². The summed E-state index contributed by atoms with van der Waals surface area (Å²) in [6.45, 7) is 4.00. The first-order chi connectivity index (χ1) is 16.3. The van der Waals surface area contributed by atoms with Gasteiger partial charge in [0.1, 0.15) is 24.2 Å². The van der Waals surface area contributed by atoms with Crippen molar-refractivity contribution in [3.8, 4) is 5.75 Å². The van der Waals surface area contributed by atoms with Crippen LogP contribution in [-0.4, -0.2) is 24.1 Å². The van der Waals surface area contributed by atoms with Gasteiger partial charge in [-0.2, -0.15) is 5.10 Å². The predicted molar refractivity (Wildman–Crippen MR) is 133 cm³/mol. The predicted octanol–water partition coefficient (Wildman–Crippen LogP) is 5.07. The van der Waals surface area contributed by atoms with Crippen molar-refractivity contribution >= 4 is 34.0 Å². The number of rotatable bonds is 9. The average Bonchev–Trinajstić information content (AvgIpc) is 2.82. The zero-order chi connectivity index (χ0) is 24.5. The molecule has 6 nitrogen and oxygen atoms in total. The number of nitrogens with zero attached hydrogens (tertiary/aromatic N) is 1. The Hall–Kier alpha value is -3.52. The van der Waals surface area contributed by atoms with Crippen LogP contribution >= 0.6 is 15.9 Å². The van der Waals surface area contributed by atoms with Crippen molar-refractivity contribution in [3.63, 3.8) is 0 Å². The SMILES string of the molecule is CC(C)C(NC(=O)c1ccccc1F)C(=O)NN=Cc1ccc(OCc2ccccc2)c(Br)c1. The molecule has 176 valence electrons. The van der Waals surface area contributed by atoms with Crippen LogP contribution in [0.3, 0.4) is 0 Å². The molecule has 34 heavy (non-hydrogen) atoms. The Morgan fingerprint density at radius 1 is 1.06 bits per heavy atom. The van der Waals surface area contributed by atoms with E-state index in [0.29, 0.717) is 12.4 Å². The first-order valence-corrected chi connectivity index (χ1v) is 11.5. The molecule has 0 fully saturated rings. The Kier molecular flexibility index (Phi) is 8.93. The standard InChI is InChI=1S/C26H25BrFN3O3/c1-17(2)24(30-25(32)20-10-6-7-11-22(20)28)26(33)31-29-15-19-12-13-23(21(27)14-19)34-16-18-8-4-3-5-9-18/h3-15,17,24H,16H2,1-2H3,(H,30,32)(H,31,33). The Morgan fingerprint density at radius 3 is 2.44 bits per heavy atom. The van der Waals surface area contributed by atoms with Gasteiger partial charge in [-0.25, -0.2) is 9.82 Å². The van der Waals surface area contributed by atoms with Gasteiger partial charge in [-0.3, -0.25) is 9.59 Å². The normalized spacial score (nSPS) is 11.9. The minimum atomic E-state index is -0.884. The number of ether oxygens (including phenoxy) is 1. The van der Waals surface area contributed by atoms with Crippen molar-refractivity contribution in [2.24, 2.45) is 11.0 Å². The molecular formula is C26H25BrFN3O3. The van der Waals surface area contributed by atoms with E-state index < -0.39 is 23.7 Å². The molecule has 1 unspecified atom stereocenters. The van der Waals surface area contributed by atoms with Crippen LogP contribution in [0, 0.1) is 11.7 Å². The Morgan fingerprint density at radius 2 is 1.76 bits per heavy atom. The minimum absolute atomic E-state index is 0.121. The molecule has 2 amide bonds. The summed E-state index contributed by atoms with van der Waals surface area (Å²) in [6, 6.07) is 20.0. The fraction of sp³-hybridized carbons (Fsp3) is 0.192. The summed E-state index contributed by atoms with van der Waals surface area (Å²) in [7, 11) is 0. The maximum Gasteiger partial charge on any atom is 0.262 e. The second kappa shape index (κ2) is 12.1. The van der Waals surface area contributed by atoms with Gasteiger partial charge in [0.15, 0.2) is 0 Å². The molecule has 3 aromatic carbocycles. The zero-order valence-corrected chi connectivity index (χ0v) is 20.4. The maximum absolute atomic E-state index is 13.9. The number of hydrogen-bond donors (Lipinski definition) is 2. The number of carbonyl (C=O) groups is 2. The molecule has 0 bridgehead atoms. The van der Waals surface area contributed by atoms with Crippen LogP contribution in [0.4, 0.5) is 4.39 Å². The molecule has 0 spiro atoms. The second-order valence-corrected chi connectivity index (χ2v) is 8.73. The van der Waals surface area contributed by atoms with Gasteiger partial charge in [0.2, 0.25) is 0 Å². The van der Waals surface area contributed by atoms with E-state index in [2.05, 4.69) is 31.8 Å². The summed E-state index contributed by atoms with van der Waals surface area (Å²) >= 11 is 3.49. The molecule has 3 rings (SSSR count). The molecule has 8 heteroatoms. The van der Waals surface area contributed by atoms with Crippen molar-refractivity contribution in [1.29, 1.82) is 0 Å². The summed E-state index contributed by atoms with van der Waals surface area (Å²) in [6.07, 6.45) is 1.49. The highest BCUT2D eigenvalue weighted by Gasteiger charge is 2.25. The summed E-state index contributed by atoms with van der Waals surface area (Å²) in [5, 5.41) is 6.57. The largest absolute Gasteiger partial charge is 0.488 e. The highest BCUT2D eigenvalue weighted by molar-refractivity contribution is 9.10. The molecule has 0 aliphatic heterocycles. The highest BCUT2D eigenvalue weighted by atomic mass is 79.9. The number of benzene rings is 3. The van der Waals surface area contributed by atoms with Crippen LogP contribution in [0.1, 0.15) is 35.3 Å². The van der Waals surface area contributed by atoms with Gasteiger partial charge in [0.25, 0.3) is 11.8 Å². The van der Waals surface area contributed by atoms with Gasteiger partial charge < -0.3 is 10.1 Å². The van der Waals surface area contributed by atoms with E-state index in [1.807, 2.05) is 42.5 Å². The average molecular weight is 526 g/mol. The minimum Gasteiger partial charge on any atom is -0.488 e. The lowest BCUT2D eigenvalue weighted by Crippen LogP contribution is -2.48. The van der Waals surface area contributed by atoms with Gasteiger partial charge >= 0.3 is 0 Å². The summed E-state index contributed by atoms with van der Waals surface area (Å²) < 4.78 is 20.5. The second-order valence-electron chi connectivity index (χ2n) is 7.87. The van der Waals surface area contributed by atoms with Gasteiger partial charge in [-0.15, -0.1) is 0 Å². The molecule has 0 aliphatic rings. The number of halogens is 2. The third kappa shape index (κ3) is 6.99. The van der Waals surface area contributed by atoms with Crippen LogP contribution in [0.15, 0.2) is 82.4 Å². The summed E-state index contributed by atoms with van der Waals surface area (Å²) in [4.78, 5) is 25.0. The number of nitrogens with one attached hydrogen (secondary N) is 2. The van der Waals surface area contributed by atoms with Crippen LogP contribution < -0.4 is 15.5 Å². The molecule has 1 atom stereocenters. The molecular weight excluding hydrogens is 501 g/mol. The lowest BCUT2D eigenvalue weighted by Gasteiger charge is -2.20. The molecule has 2 N–H and O–H groups in total.